The molecule has 0 aliphatic carbocycles. The summed E-state index contributed by atoms with van der Waals surface area (Å²) in [6.07, 6.45) is 1.87. The fraction of sp³-hybridized carbons (Fsp3) is 0.500. The van der Waals surface area contributed by atoms with Crippen LogP contribution in [0.1, 0.15) is 0 Å². The molecule has 0 radical (unpaired) electrons. The van der Waals surface area contributed by atoms with Gasteiger partial charge in [0.1, 0.15) is 18.2 Å². The lowest BCUT2D eigenvalue weighted by atomic mass is 10.3. The molecule has 2 heterocycles. The summed E-state index contributed by atoms with van der Waals surface area (Å²) < 4.78 is 18.1. The molecule has 2 aromatic heterocycles. The molecule has 4 N–H and O–H groups in total. The van der Waals surface area contributed by atoms with Gasteiger partial charge in [-0.3, -0.25) is 4.57 Å². The Kier molecular flexibility index (Phi) is 4.34. The molecule has 0 spiro atoms. The van der Waals surface area contributed by atoms with Gasteiger partial charge in [0, 0.05) is 6.66 Å². The predicted octanol–water partition coefficient (Wildman–Crippen LogP) is -0.356. The van der Waals surface area contributed by atoms with Gasteiger partial charge in [0.25, 0.3) is 0 Å². The molecule has 0 fully saturated rings. The summed E-state index contributed by atoms with van der Waals surface area (Å²) >= 11 is 0. The normalized spacial score (nSPS) is 16.1. The second-order valence-corrected chi connectivity index (χ2v) is 6.84. The van der Waals surface area contributed by atoms with Crippen molar-refractivity contribution in [3.05, 3.63) is 12.7 Å². The largest absolute Gasteiger partial charge is 0.394 e. The van der Waals surface area contributed by atoms with Crippen LogP contribution in [0.15, 0.2) is 12.7 Å². The lowest BCUT2D eigenvalue weighted by Crippen LogP contribution is -2.24. The van der Waals surface area contributed by atoms with Crippen molar-refractivity contribution in [2.75, 3.05) is 25.4 Å². The number of aromatic nitrogens is 4. The Morgan fingerprint density at radius 3 is 2.90 bits per heavy atom. The number of nitrogens with zero attached hydrogens (tertiary/aromatic N) is 4. The minimum absolute atomic E-state index is 0.240. The van der Waals surface area contributed by atoms with Crippen LogP contribution < -0.4 is 5.73 Å². The molecule has 10 heteroatoms. The van der Waals surface area contributed by atoms with Gasteiger partial charge in [-0.25, -0.2) is 15.0 Å². The first-order valence-corrected chi connectivity index (χ1v) is 8.13. The lowest BCUT2D eigenvalue weighted by molar-refractivity contribution is 0.0239. The van der Waals surface area contributed by atoms with Crippen LogP contribution in [0.25, 0.3) is 11.2 Å². The summed E-state index contributed by atoms with van der Waals surface area (Å²) in [4.78, 5) is 21.2. The van der Waals surface area contributed by atoms with E-state index in [1.807, 2.05) is 0 Å². The SMILES string of the molecule is CP(=O)(O)COC(CO)Cn1cnc2c(N)ncnc21. The number of fused-ring (bicyclic) bond motifs is 1. The van der Waals surface area contributed by atoms with E-state index in [0.717, 1.165) is 0 Å². The summed E-state index contributed by atoms with van der Waals surface area (Å²) in [7, 11) is -3.28. The Labute approximate surface area is 114 Å². The monoisotopic (exact) mass is 301 g/mol. The van der Waals surface area contributed by atoms with Crippen molar-refractivity contribution in [1.29, 1.82) is 0 Å². The molecule has 20 heavy (non-hydrogen) atoms. The minimum atomic E-state index is -3.28. The predicted molar refractivity (Wildman–Crippen MR) is 72.3 cm³/mol. The van der Waals surface area contributed by atoms with Gasteiger partial charge in [-0.1, -0.05) is 0 Å². The third-order valence-corrected chi connectivity index (χ3v) is 3.21. The summed E-state index contributed by atoms with van der Waals surface area (Å²) in [6, 6.07) is 0. The number of imidazole rings is 1. The first-order chi connectivity index (χ1) is 9.40. The number of nitrogen functional groups attached to an aromatic ring is 1. The number of aliphatic hydroxyl groups is 1. The second-order valence-electron chi connectivity index (χ2n) is 4.48. The molecule has 110 valence electrons. The van der Waals surface area contributed by atoms with E-state index in [1.165, 1.54) is 19.3 Å². The highest BCUT2D eigenvalue weighted by Crippen LogP contribution is 2.35. The molecule has 0 amide bonds. The highest BCUT2D eigenvalue weighted by molar-refractivity contribution is 7.56. The van der Waals surface area contributed by atoms with Gasteiger partial charge in [0.2, 0.25) is 7.37 Å². The third kappa shape index (κ3) is 3.51. The van der Waals surface area contributed by atoms with E-state index < -0.39 is 13.5 Å². The zero-order valence-electron chi connectivity index (χ0n) is 10.9. The van der Waals surface area contributed by atoms with Crippen molar-refractivity contribution in [1.82, 2.24) is 19.5 Å². The van der Waals surface area contributed by atoms with Crippen LogP contribution in [-0.2, 0) is 15.8 Å². The number of anilines is 1. The van der Waals surface area contributed by atoms with Gasteiger partial charge in [0.05, 0.1) is 25.6 Å². The van der Waals surface area contributed by atoms with Gasteiger partial charge in [-0.05, 0) is 0 Å². The molecule has 2 rings (SSSR count). The molecule has 0 saturated heterocycles. The maximum Gasteiger partial charge on any atom is 0.222 e. The summed E-state index contributed by atoms with van der Waals surface area (Å²) in [6.45, 7) is 1.14. The number of hydrogen-bond acceptors (Lipinski definition) is 7. The maximum absolute atomic E-state index is 11.2. The van der Waals surface area contributed by atoms with Crippen LogP contribution in [0, 0.1) is 0 Å². The van der Waals surface area contributed by atoms with Gasteiger partial charge < -0.3 is 25.0 Å². The van der Waals surface area contributed by atoms with Crippen LogP contribution >= 0.6 is 7.37 Å². The van der Waals surface area contributed by atoms with Gasteiger partial charge in [-0.15, -0.1) is 0 Å². The zero-order valence-corrected chi connectivity index (χ0v) is 11.8. The smallest absolute Gasteiger partial charge is 0.222 e. The maximum atomic E-state index is 11.2. The Balaban J connectivity index is 2.14. The van der Waals surface area contributed by atoms with E-state index in [2.05, 4.69) is 15.0 Å². The molecule has 0 aliphatic rings. The van der Waals surface area contributed by atoms with E-state index in [4.69, 9.17) is 10.5 Å². The second kappa shape index (κ2) is 5.84. The third-order valence-electron chi connectivity index (χ3n) is 2.58. The number of aliphatic hydroxyl groups excluding tert-OH is 1. The minimum Gasteiger partial charge on any atom is -0.394 e. The van der Waals surface area contributed by atoms with E-state index in [0.29, 0.717) is 11.2 Å². The molecule has 2 atom stereocenters. The van der Waals surface area contributed by atoms with Gasteiger partial charge >= 0.3 is 0 Å². The first kappa shape index (κ1) is 14.9. The molecular weight excluding hydrogens is 285 g/mol. The highest BCUT2D eigenvalue weighted by atomic mass is 31.2. The first-order valence-electron chi connectivity index (χ1n) is 5.84. The highest BCUT2D eigenvalue weighted by Gasteiger charge is 2.17. The molecule has 0 saturated carbocycles. The number of rotatable bonds is 6. The van der Waals surface area contributed by atoms with Crippen LogP contribution in [0.2, 0.25) is 0 Å². The van der Waals surface area contributed by atoms with E-state index in [9.17, 15) is 14.6 Å². The molecule has 0 aliphatic heterocycles. The van der Waals surface area contributed by atoms with Crippen LogP contribution in [0.4, 0.5) is 5.82 Å². The Bertz CT molecular complexity index is 640. The number of ether oxygens (including phenoxy) is 1. The van der Waals surface area contributed by atoms with E-state index in [1.54, 1.807) is 4.57 Å². The number of hydrogen-bond donors (Lipinski definition) is 3. The molecular formula is C10H16N5O4P. The topological polar surface area (TPSA) is 136 Å². The van der Waals surface area contributed by atoms with Crippen molar-refractivity contribution >= 4 is 24.4 Å². The van der Waals surface area contributed by atoms with Crippen molar-refractivity contribution < 1.29 is 19.3 Å². The van der Waals surface area contributed by atoms with Crippen molar-refractivity contribution in [3.8, 4) is 0 Å². The average molecular weight is 301 g/mol. The van der Waals surface area contributed by atoms with Gasteiger partial charge in [-0.2, -0.15) is 0 Å². The van der Waals surface area contributed by atoms with Crippen LogP contribution in [0.5, 0.6) is 0 Å². The van der Waals surface area contributed by atoms with Crippen molar-refractivity contribution in [3.63, 3.8) is 0 Å². The fourth-order valence-electron chi connectivity index (χ4n) is 1.66. The molecule has 2 unspecified atom stereocenters. The van der Waals surface area contributed by atoms with Crippen molar-refractivity contribution in [2.24, 2.45) is 0 Å². The van der Waals surface area contributed by atoms with Crippen LogP contribution in [-0.4, -0.2) is 55.2 Å². The Morgan fingerprint density at radius 2 is 2.25 bits per heavy atom. The Morgan fingerprint density at radius 1 is 1.50 bits per heavy atom. The molecule has 9 nitrogen and oxygen atoms in total. The standard InChI is InChI=1S/C10H16N5O4P/c1-20(17,18)6-19-7(3-16)2-15-5-14-8-9(11)12-4-13-10(8)15/h4-5,7,16H,2-3,6H2,1H3,(H,17,18)(H2,11,12,13). The lowest BCUT2D eigenvalue weighted by Gasteiger charge is -2.17. The summed E-state index contributed by atoms with van der Waals surface area (Å²) in [5.74, 6) is 0.267. The van der Waals surface area contributed by atoms with E-state index >= 15 is 0 Å². The zero-order chi connectivity index (χ0) is 14.8. The molecule has 2 aromatic rings. The Hall–Kier alpha value is -1.54. The number of nitrogens with two attached hydrogens (primary N) is 1. The summed E-state index contributed by atoms with van der Waals surface area (Å²) in [5.41, 5.74) is 6.65. The quantitative estimate of drug-likeness (QED) is 0.615. The summed E-state index contributed by atoms with van der Waals surface area (Å²) in [5, 5.41) is 9.26. The fourth-order valence-corrected chi connectivity index (χ4v) is 2.15. The van der Waals surface area contributed by atoms with Crippen molar-refractivity contribution in [2.45, 2.75) is 12.6 Å². The molecule has 0 aromatic carbocycles. The average Bonchev–Trinajstić information content (AvgIpc) is 2.78. The van der Waals surface area contributed by atoms with Crippen LogP contribution in [0.3, 0.4) is 0 Å². The molecule has 0 bridgehead atoms. The van der Waals surface area contributed by atoms with Gasteiger partial charge in [0.15, 0.2) is 11.5 Å². The van der Waals surface area contributed by atoms with E-state index in [-0.39, 0.29) is 25.3 Å².